The maximum atomic E-state index is 12.8. The second-order valence-electron chi connectivity index (χ2n) is 8.23. The van der Waals surface area contributed by atoms with Crippen LogP contribution in [0.1, 0.15) is 6.92 Å². The minimum Gasteiger partial charge on any atom is -0.492 e. The number of rotatable bonds is 6. The molecule has 0 spiro atoms. The average Bonchev–Trinajstić information content (AvgIpc) is 2.90. The molecule has 0 aliphatic carbocycles. The third-order valence-corrected chi connectivity index (χ3v) is 5.90. The van der Waals surface area contributed by atoms with Crippen molar-refractivity contribution in [2.24, 2.45) is 0 Å². The first kappa shape index (κ1) is 22.7. The van der Waals surface area contributed by atoms with Crippen molar-refractivity contribution in [3.05, 3.63) is 78.9 Å². The number of urea groups is 1. The molecule has 1 aliphatic heterocycles. The fourth-order valence-corrected chi connectivity index (χ4v) is 4.24. The van der Waals surface area contributed by atoms with Crippen molar-refractivity contribution in [3.8, 4) is 17.0 Å². The van der Waals surface area contributed by atoms with Crippen LogP contribution in [0.3, 0.4) is 0 Å². The number of fused-ring (bicyclic) bond motifs is 1. The van der Waals surface area contributed by atoms with E-state index in [2.05, 4.69) is 33.7 Å². The number of hydrogen-bond acceptors (Lipinski definition) is 5. The van der Waals surface area contributed by atoms with Gasteiger partial charge in [-0.2, -0.15) is 0 Å². The summed E-state index contributed by atoms with van der Waals surface area (Å²) in [6.45, 7) is 5.41. The minimum absolute atomic E-state index is 0.335. The van der Waals surface area contributed by atoms with Gasteiger partial charge in [-0.25, -0.2) is 9.78 Å². The summed E-state index contributed by atoms with van der Waals surface area (Å²) in [6.07, 6.45) is 0. The number of hydrogen-bond donors (Lipinski definition) is 2. The van der Waals surface area contributed by atoms with E-state index in [4.69, 9.17) is 14.5 Å². The monoisotopic (exact) mass is 468 g/mol. The smallest absolute Gasteiger partial charge is 0.323 e. The van der Waals surface area contributed by atoms with Gasteiger partial charge in [0.25, 0.3) is 0 Å². The Morgan fingerprint density at radius 2 is 1.74 bits per heavy atom. The number of ether oxygens (including phenoxy) is 2. The first-order chi connectivity index (χ1) is 17.2. The summed E-state index contributed by atoms with van der Waals surface area (Å²) < 4.78 is 11.2. The highest BCUT2D eigenvalue weighted by Gasteiger charge is 2.17. The normalized spacial score (nSPS) is 13.5. The molecule has 0 atom stereocenters. The molecule has 7 heteroatoms. The van der Waals surface area contributed by atoms with Gasteiger partial charge in [0.15, 0.2) is 0 Å². The van der Waals surface area contributed by atoms with Crippen molar-refractivity contribution in [1.82, 2.24) is 4.98 Å². The number of aromatic nitrogens is 1. The van der Waals surface area contributed by atoms with Gasteiger partial charge in [0.2, 0.25) is 0 Å². The van der Waals surface area contributed by atoms with Crippen molar-refractivity contribution in [1.29, 1.82) is 0 Å². The van der Waals surface area contributed by atoms with E-state index < -0.39 is 0 Å². The van der Waals surface area contributed by atoms with Crippen LogP contribution < -0.4 is 20.3 Å². The number of para-hydroxylation sites is 2. The fourth-order valence-electron chi connectivity index (χ4n) is 4.24. The molecular formula is C28H28N4O3. The summed E-state index contributed by atoms with van der Waals surface area (Å²) in [4.78, 5) is 20.0. The largest absolute Gasteiger partial charge is 0.492 e. The lowest BCUT2D eigenvalue weighted by molar-refractivity contribution is 0.123. The van der Waals surface area contributed by atoms with Gasteiger partial charge in [0, 0.05) is 35.4 Å². The van der Waals surface area contributed by atoms with Crippen LogP contribution in [0.2, 0.25) is 0 Å². The lowest BCUT2D eigenvalue weighted by Gasteiger charge is -2.30. The molecule has 5 rings (SSSR count). The highest BCUT2D eigenvalue weighted by atomic mass is 16.5. The van der Waals surface area contributed by atoms with Crippen molar-refractivity contribution in [2.75, 3.05) is 48.4 Å². The maximum absolute atomic E-state index is 12.8. The van der Waals surface area contributed by atoms with Crippen LogP contribution in [0, 0.1) is 0 Å². The summed E-state index contributed by atoms with van der Waals surface area (Å²) >= 11 is 0. The van der Waals surface area contributed by atoms with Gasteiger partial charge in [0.05, 0.1) is 36.7 Å². The van der Waals surface area contributed by atoms with Crippen LogP contribution in [-0.4, -0.2) is 43.9 Å². The Bertz CT molecular complexity index is 1320. The van der Waals surface area contributed by atoms with Crippen LogP contribution >= 0.6 is 0 Å². The van der Waals surface area contributed by atoms with Crippen molar-refractivity contribution >= 4 is 34.0 Å². The molecule has 178 valence electrons. The van der Waals surface area contributed by atoms with E-state index in [1.165, 1.54) is 0 Å². The quantitative estimate of drug-likeness (QED) is 0.375. The molecule has 2 heterocycles. The molecule has 0 bridgehead atoms. The summed E-state index contributed by atoms with van der Waals surface area (Å²) in [5, 5.41) is 6.82. The minimum atomic E-state index is -0.335. The molecule has 7 nitrogen and oxygen atoms in total. The van der Waals surface area contributed by atoms with E-state index in [-0.39, 0.29) is 6.03 Å². The molecule has 0 saturated carbocycles. The zero-order valence-electron chi connectivity index (χ0n) is 19.7. The molecule has 1 aliphatic rings. The van der Waals surface area contributed by atoms with Crippen LogP contribution in [0.25, 0.3) is 22.2 Å². The molecule has 1 aromatic heterocycles. The van der Waals surface area contributed by atoms with Gasteiger partial charge < -0.3 is 25.0 Å². The number of morpholine rings is 1. The Morgan fingerprint density at radius 3 is 2.54 bits per heavy atom. The number of pyridine rings is 1. The second kappa shape index (κ2) is 10.4. The van der Waals surface area contributed by atoms with E-state index in [9.17, 15) is 4.79 Å². The molecule has 3 aromatic carbocycles. The molecular weight excluding hydrogens is 440 g/mol. The van der Waals surface area contributed by atoms with Gasteiger partial charge in [-0.15, -0.1) is 0 Å². The van der Waals surface area contributed by atoms with Gasteiger partial charge in [-0.3, -0.25) is 0 Å². The third kappa shape index (κ3) is 5.20. The third-order valence-electron chi connectivity index (χ3n) is 5.90. The standard InChI is InChI=1S/C28H28N4O3/c1-2-35-27-11-7-6-10-24(27)31-28(33)29-21-12-13-23-22(18-21)26(32-14-16-34-17-15-32)19-25(30-23)20-8-4-3-5-9-20/h3-13,18-19H,2,14-17H2,1H3,(H2,29,31,33). The number of amides is 2. The predicted molar refractivity (Wildman–Crippen MR) is 140 cm³/mol. The Hall–Kier alpha value is -4.10. The lowest BCUT2D eigenvalue weighted by atomic mass is 10.1. The van der Waals surface area contributed by atoms with E-state index in [0.29, 0.717) is 36.9 Å². The molecule has 0 radical (unpaired) electrons. The van der Waals surface area contributed by atoms with Crippen molar-refractivity contribution in [2.45, 2.75) is 6.92 Å². The Labute approximate surface area is 204 Å². The summed E-state index contributed by atoms with van der Waals surface area (Å²) in [5.41, 5.74) is 5.26. The number of carbonyl (C=O) groups excluding carboxylic acids is 1. The Morgan fingerprint density at radius 1 is 0.971 bits per heavy atom. The van der Waals surface area contributed by atoms with E-state index in [1.807, 2.05) is 67.6 Å². The summed E-state index contributed by atoms with van der Waals surface area (Å²) in [6, 6.07) is 25.2. The second-order valence-corrected chi connectivity index (χ2v) is 8.23. The number of anilines is 3. The molecule has 4 aromatic rings. The number of nitrogens with one attached hydrogen (secondary N) is 2. The molecule has 1 saturated heterocycles. The summed E-state index contributed by atoms with van der Waals surface area (Å²) in [5.74, 6) is 0.635. The van der Waals surface area contributed by atoms with Crippen LogP contribution in [0.15, 0.2) is 78.9 Å². The highest BCUT2D eigenvalue weighted by Crippen LogP contribution is 2.33. The molecule has 35 heavy (non-hydrogen) atoms. The average molecular weight is 469 g/mol. The lowest BCUT2D eigenvalue weighted by Crippen LogP contribution is -2.36. The van der Waals surface area contributed by atoms with Crippen molar-refractivity contribution < 1.29 is 14.3 Å². The van der Waals surface area contributed by atoms with Gasteiger partial charge in [-0.1, -0.05) is 42.5 Å². The van der Waals surface area contributed by atoms with Gasteiger partial charge in [-0.05, 0) is 43.3 Å². The zero-order valence-corrected chi connectivity index (χ0v) is 19.7. The number of nitrogens with zero attached hydrogens (tertiary/aromatic N) is 2. The topological polar surface area (TPSA) is 75.7 Å². The first-order valence-corrected chi connectivity index (χ1v) is 11.8. The van der Waals surface area contributed by atoms with E-state index >= 15 is 0 Å². The van der Waals surface area contributed by atoms with E-state index in [1.54, 1.807) is 0 Å². The molecule has 2 N–H and O–H groups in total. The zero-order chi connectivity index (χ0) is 24.0. The van der Waals surface area contributed by atoms with Crippen molar-refractivity contribution in [3.63, 3.8) is 0 Å². The van der Waals surface area contributed by atoms with Crippen LogP contribution in [0.5, 0.6) is 5.75 Å². The molecule has 1 fully saturated rings. The Balaban J connectivity index is 1.46. The number of carbonyl (C=O) groups is 1. The van der Waals surface area contributed by atoms with Crippen LogP contribution in [0.4, 0.5) is 21.9 Å². The Kier molecular flexibility index (Phi) is 6.77. The maximum Gasteiger partial charge on any atom is 0.323 e. The van der Waals surface area contributed by atoms with Gasteiger partial charge in [0.1, 0.15) is 5.75 Å². The highest BCUT2D eigenvalue weighted by molar-refractivity contribution is 6.03. The fraction of sp³-hybridized carbons (Fsp3) is 0.214. The van der Waals surface area contributed by atoms with E-state index in [0.717, 1.165) is 40.9 Å². The first-order valence-electron chi connectivity index (χ1n) is 11.8. The molecule has 2 amide bonds. The van der Waals surface area contributed by atoms with Crippen LogP contribution in [-0.2, 0) is 4.74 Å². The predicted octanol–water partition coefficient (Wildman–Crippen LogP) is 5.78. The SMILES string of the molecule is CCOc1ccccc1NC(=O)Nc1ccc2nc(-c3ccccc3)cc(N3CCOCC3)c2c1. The summed E-state index contributed by atoms with van der Waals surface area (Å²) in [7, 11) is 0. The van der Waals surface area contributed by atoms with Gasteiger partial charge >= 0.3 is 6.03 Å². The molecule has 0 unspecified atom stereocenters. The number of benzene rings is 3.